The molecular formula is C10H18O2. The van der Waals surface area contributed by atoms with E-state index < -0.39 is 0 Å². The second-order valence-corrected chi connectivity index (χ2v) is 2.95. The molecular weight excluding hydrogens is 152 g/mol. The summed E-state index contributed by atoms with van der Waals surface area (Å²) in [5.41, 5.74) is 0.901. The summed E-state index contributed by atoms with van der Waals surface area (Å²) < 4.78 is 5.26. The van der Waals surface area contributed by atoms with Crippen LogP contribution in [0, 0.1) is 0 Å². The highest BCUT2D eigenvalue weighted by atomic mass is 16.5. The Morgan fingerprint density at radius 3 is 2.42 bits per heavy atom. The van der Waals surface area contributed by atoms with Crippen molar-refractivity contribution in [2.24, 2.45) is 0 Å². The van der Waals surface area contributed by atoms with Crippen LogP contribution in [0.2, 0.25) is 0 Å². The summed E-state index contributed by atoms with van der Waals surface area (Å²) >= 11 is 0. The van der Waals surface area contributed by atoms with Gasteiger partial charge in [0.05, 0.1) is 0 Å². The molecule has 0 aliphatic rings. The Morgan fingerprint density at radius 2 is 2.08 bits per heavy atom. The van der Waals surface area contributed by atoms with Gasteiger partial charge >= 0.3 is 0 Å². The minimum absolute atomic E-state index is 0.145. The van der Waals surface area contributed by atoms with Crippen LogP contribution in [0.5, 0.6) is 0 Å². The first-order valence-electron chi connectivity index (χ1n) is 4.40. The van der Waals surface area contributed by atoms with Crippen LogP contribution in [0.3, 0.4) is 0 Å². The fourth-order valence-electron chi connectivity index (χ4n) is 1.05. The molecule has 0 spiro atoms. The highest BCUT2D eigenvalue weighted by Crippen LogP contribution is 2.06. The van der Waals surface area contributed by atoms with Crippen molar-refractivity contribution in [2.45, 2.75) is 39.7 Å². The zero-order chi connectivity index (χ0) is 9.56. The second-order valence-electron chi connectivity index (χ2n) is 2.95. The maximum atomic E-state index is 11.4. The molecule has 0 saturated carbocycles. The van der Waals surface area contributed by atoms with Crippen LogP contribution in [-0.4, -0.2) is 18.5 Å². The number of ketones is 1. The van der Waals surface area contributed by atoms with Crippen molar-refractivity contribution in [3.05, 3.63) is 12.2 Å². The summed E-state index contributed by atoms with van der Waals surface area (Å²) in [6, 6.07) is 0. The maximum Gasteiger partial charge on any atom is 0.165 e. The first kappa shape index (κ1) is 11.4. The van der Waals surface area contributed by atoms with Gasteiger partial charge in [0.1, 0.15) is 6.10 Å². The quantitative estimate of drug-likeness (QED) is 0.572. The third-order valence-electron chi connectivity index (χ3n) is 1.57. The number of carbonyl (C=O) groups excluding carboxylic acids is 1. The van der Waals surface area contributed by atoms with Gasteiger partial charge in [-0.25, -0.2) is 0 Å². The zero-order valence-corrected chi connectivity index (χ0v) is 8.22. The molecule has 0 aliphatic carbocycles. The van der Waals surface area contributed by atoms with Crippen molar-refractivity contribution in [2.75, 3.05) is 6.61 Å². The van der Waals surface area contributed by atoms with E-state index in [9.17, 15) is 4.79 Å². The van der Waals surface area contributed by atoms with E-state index >= 15 is 0 Å². The standard InChI is InChI=1S/C10H18O2/c1-5-10(12-6-2)9(11)7-8(3)4/h10H,3,5-7H2,1-2,4H3. The van der Waals surface area contributed by atoms with Crippen molar-refractivity contribution >= 4 is 5.78 Å². The lowest BCUT2D eigenvalue weighted by Crippen LogP contribution is -2.23. The fourth-order valence-corrected chi connectivity index (χ4v) is 1.05. The predicted molar refractivity (Wildman–Crippen MR) is 50.1 cm³/mol. The van der Waals surface area contributed by atoms with E-state index in [1.54, 1.807) is 0 Å². The Labute approximate surface area is 74.6 Å². The first-order chi connectivity index (χ1) is 5.61. The topological polar surface area (TPSA) is 26.3 Å². The molecule has 12 heavy (non-hydrogen) atoms. The van der Waals surface area contributed by atoms with Crippen LogP contribution in [0.15, 0.2) is 12.2 Å². The molecule has 0 amide bonds. The minimum Gasteiger partial charge on any atom is -0.371 e. The van der Waals surface area contributed by atoms with Gasteiger partial charge in [-0.05, 0) is 20.3 Å². The van der Waals surface area contributed by atoms with Crippen molar-refractivity contribution in [3.8, 4) is 0 Å². The average Bonchev–Trinajstić information content (AvgIpc) is 1.98. The molecule has 0 bridgehead atoms. The summed E-state index contributed by atoms with van der Waals surface area (Å²) in [4.78, 5) is 11.4. The van der Waals surface area contributed by atoms with Crippen LogP contribution < -0.4 is 0 Å². The monoisotopic (exact) mass is 170 g/mol. The number of rotatable bonds is 6. The molecule has 1 unspecified atom stereocenters. The van der Waals surface area contributed by atoms with Gasteiger partial charge in [-0.1, -0.05) is 19.1 Å². The molecule has 0 rings (SSSR count). The lowest BCUT2D eigenvalue weighted by atomic mass is 10.1. The van der Waals surface area contributed by atoms with Gasteiger partial charge in [0.15, 0.2) is 5.78 Å². The van der Waals surface area contributed by atoms with Crippen LogP contribution in [-0.2, 0) is 9.53 Å². The van der Waals surface area contributed by atoms with Crippen LogP contribution >= 0.6 is 0 Å². The Balaban J connectivity index is 3.93. The molecule has 0 aromatic rings. The Morgan fingerprint density at radius 1 is 1.50 bits per heavy atom. The number of ether oxygens (including phenoxy) is 1. The molecule has 0 aromatic carbocycles. The number of carbonyl (C=O) groups is 1. The largest absolute Gasteiger partial charge is 0.371 e. The highest BCUT2D eigenvalue weighted by molar-refractivity contribution is 5.84. The van der Waals surface area contributed by atoms with E-state index in [1.165, 1.54) is 0 Å². The molecule has 1 atom stereocenters. The molecule has 0 aromatic heterocycles. The summed E-state index contributed by atoms with van der Waals surface area (Å²) in [6.07, 6.45) is 0.963. The fraction of sp³-hybridized carbons (Fsp3) is 0.700. The number of hydrogen-bond donors (Lipinski definition) is 0. The van der Waals surface area contributed by atoms with Gasteiger partial charge in [-0.15, -0.1) is 0 Å². The van der Waals surface area contributed by atoms with Gasteiger partial charge in [0.25, 0.3) is 0 Å². The molecule has 70 valence electrons. The van der Waals surface area contributed by atoms with Crippen LogP contribution in [0.25, 0.3) is 0 Å². The van der Waals surface area contributed by atoms with Crippen LogP contribution in [0.1, 0.15) is 33.6 Å². The summed E-state index contributed by atoms with van der Waals surface area (Å²) in [5.74, 6) is 0.145. The van der Waals surface area contributed by atoms with Crippen molar-refractivity contribution in [1.29, 1.82) is 0 Å². The van der Waals surface area contributed by atoms with Crippen molar-refractivity contribution < 1.29 is 9.53 Å². The number of allylic oxidation sites excluding steroid dienone is 1. The van der Waals surface area contributed by atoms with Crippen LogP contribution in [0.4, 0.5) is 0 Å². The lowest BCUT2D eigenvalue weighted by Gasteiger charge is -2.13. The third-order valence-corrected chi connectivity index (χ3v) is 1.57. The van der Waals surface area contributed by atoms with Gasteiger partial charge in [0.2, 0.25) is 0 Å². The summed E-state index contributed by atoms with van der Waals surface area (Å²) in [6.45, 7) is 10.0. The SMILES string of the molecule is C=C(C)CC(=O)C(CC)OCC. The Bertz CT molecular complexity index is 161. The maximum absolute atomic E-state index is 11.4. The second kappa shape index (κ2) is 5.95. The van der Waals surface area contributed by atoms with E-state index in [1.807, 2.05) is 20.8 Å². The van der Waals surface area contributed by atoms with E-state index in [-0.39, 0.29) is 11.9 Å². The van der Waals surface area contributed by atoms with Crippen molar-refractivity contribution in [1.82, 2.24) is 0 Å². The molecule has 0 aliphatic heterocycles. The normalized spacial score (nSPS) is 12.6. The Hall–Kier alpha value is -0.630. The molecule has 0 N–H and O–H groups in total. The van der Waals surface area contributed by atoms with E-state index in [0.717, 1.165) is 12.0 Å². The molecule has 2 heteroatoms. The summed E-state index contributed by atoms with van der Waals surface area (Å²) in [5, 5.41) is 0. The van der Waals surface area contributed by atoms with Crippen molar-refractivity contribution in [3.63, 3.8) is 0 Å². The van der Waals surface area contributed by atoms with Gasteiger partial charge in [-0.2, -0.15) is 0 Å². The van der Waals surface area contributed by atoms with Gasteiger partial charge < -0.3 is 4.74 Å². The lowest BCUT2D eigenvalue weighted by molar-refractivity contribution is -0.129. The third kappa shape index (κ3) is 4.29. The van der Waals surface area contributed by atoms with Gasteiger partial charge in [-0.3, -0.25) is 4.79 Å². The molecule has 0 fully saturated rings. The number of hydrogen-bond acceptors (Lipinski definition) is 2. The molecule has 0 radical (unpaired) electrons. The van der Waals surface area contributed by atoms with E-state index in [4.69, 9.17) is 4.74 Å². The smallest absolute Gasteiger partial charge is 0.165 e. The highest BCUT2D eigenvalue weighted by Gasteiger charge is 2.15. The first-order valence-corrected chi connectivity index (χ1v) is 4.40. The van der Waals surface area contributed by atoms with Gasteiger partial charge in [0, 0.05) is 13.0 Å². The average molecular weight is 170 g/mol. The molecule has 0 heterocycles. The predicted octanol–water partition coefficient (Wildman–Crippen LogP) is 2.34. The molecule has 2 nitrogen and oxygen atoms in total. The minimum atomic E-state index is -0.230. The summed E-state index contributed by atoms with van der Waals surface area (Å²) in [7, 11) is 0. The number of Topliss-reactive ketones (excluding diaryl/α,β-unsaturated/α-hetero) is 1. The zero-order valence-electron chi connectivity index (χ0n) is 8.22. The van der Waals surface area contributed by atoms with E-state index in [0.29, 0.717) is 13.0 Å². The van der Waals surface area contributed by atoms with E-state index in [2.05, 4.69) is 6.58 Å². The Kier molecular flexibility index (Phi) is 5.64. The molecule has 0 saturated heterocycles.